The molecule has 0 aliphatic carbocycles. The third-order valence-corrected chi connectivity index (χ3v) is 3.54. The number of aryl methyl sites for hydroxylation is 1. The van der Waals surface area contributed by atoms with Crippen molar-refractivity contribution < 1.29 is 0 Å². The van der Waals surface area contributed by atoms with E-state index in [9.17, 15) is 0 Å². The van der Waals surface area contributed by atoms with E-state index in [0.29, 0.717) is 5.92 Å². The Bertz CT molecular complexity index is 265. The first-order valence-corrected chi connectivity index (χ1v) is 5.19. The van der Waals surface area contributed by atoms with E-state index in [1.807, 2.05) is 0 Å². The van der Waals surface area contributed by atoms with E-state index in [1.54, 1.807) is 11.3 Å². The Labute approximate surface area is 79.7 Å². The average Bonchev–Trinajstić information content (AvgIpc) is 2.07. The number of halogens is 1. The Kier molecular flexibility index (Phi) is 2.60. The highest BCUT2D eigenvalue weighted by atomic mass is 79.9. The average molecular weight is 234 g/mol. The monoisotopic (exact) mass is 233 g/mol. The third-order valence-electron chi connectivity index (χ3n) is 1.70. The standard InChI is InChI=1S/C8H12BrNS/c1-4(2)6-5(3)11-8(9)7(6)10/h4H,10H2,1-3H3. The first-order valence-electron chi connectivity index (χ1n) is 3.58. The van der Waals surface area contributed by atoms with Crippen molar-refractivity contribution in [1.29, 1.82) is 0 Å². The van der Waals surface area contributed by atoms with Crippen molar-refractivity contribution in [2.45, 2.75) is 26.7 Å². The highest BCUT2D eigenvalue weighted by Crippen LogP contribution is 2.38. The minimum atomic E-state index is 0.526. The maximum Gasteiger partial charge on any atom is 0.0933 e. The van der Waals surface area contributed by atoms with Gasteiger partial charge in [-0.2, -0.15) is 0 Å². The number of anilines is 1. The van der Waals surface area contributed by atoms with E-state index >= 15 is 0 Å². The van der Waals surface area contributed by atoms with Crippen LogP contribution in [0, 0.1) is 6.92 Å². The molecule has 62 valence electrons. The number of rotatable bonds is 1. The van der Waals surface area contributed by atoms with Gasteiger partial charge in [-0.15, -0.1) is 11.3 Å². The van der Waals surface area contributed by atoms with Gasteiger partial charge in [0.1, 0.15) is 0 Å². The van der Waals surface area contributed by atoms with Gasteiger partial charge in [0.2, 0.25) is 0 Å². The number of hydrogen-bond donors (Lipinski definition) is 1. The lowest BCUT2D eigenvalue weighted by atomic mass is 10.0. The fourth-order valence-electron chi connectivity index (χ4n) is 1.26. The van der Waals surface area contributed by atoms with Crippen LogP contribution in [0.25, 0.3) is 0 Å². The number of nitrogen functional groups attached to an aromatic ring is 1. The summed E-state index contributed by atoms with van der Waals surface area (Å²) in [4.78, 5) is 1.32. The number of hydrogen-bond acceptors (Lipinski definition) is 2. The van der Waals surface area contributed by atoms with Gasteiger partial charge in [0.05, 0.1) is 9.47 Å². The van der Waals surface area contributed by atoms with E-state index < -0.39 is 0 Å². The second kappa shape index (κ2) is 3.15. The molecule has 1 heterocycles. The van der Waals surface area contributed by atoms with Crippen LogP contribution in [-0.2, 0) is 0 Å². The Balaban J connectivity index is 3.22. The SMILES string of the molecule is Cc1sc(Br)c(N)c1C(C)C. The van der Waals surface area contributed by atoms with Crippen LogP contribution in [0.1, 0.15) is 30.2 Å². The predicted molar refractivity (Wildman–Crippen MR) is 55.3 cm³/mol. The Morgan fingerprint density at radius 2 is 2.00 bits per heavy atom. The molecule has 1 aromatic rings. The normalized spacial score (nSPS) is 11.0. The maximum atomic E-state index is 5.87. The van der Waals surface area contributed by atoms with Crippen LogP contribution >= 0.6 is 27.3 Å². The fraction of sp³-hybridized carbons (Fsp3) is 0.500. The minimum absolute atomic E-state index is 0.526. The van der Waals surface area contributed by atoms with Gasteiger partial charge >= 0.3 is 0 Å². The van der Waals surface area contributed by atoms with Gasteiger partial charge in [-0.25, -0.2) is 0 Å². The lowest BCUT2D eigenvalue weighted by molar-refractivity contribution is 0.867. The molecule has 11 heavy (non-hydrogen) atoms. The van der Waals surface area contributed by atoms with Crippen LogP contribution in [-0.4, -0.2) is 0 Å². The molecule has 0 spiro atoms. The van der Waals surface area contributed by atoms with Gasteiger partial charge in [0.25, 0.3) is 0 Å². The number of nitrogens with two attached hydrogens (primary N) is 1. The van der Waals surface area contributed by atoms with Crippen LogP contribution in [0.5, 0.6) is 0 Å². The van der Waals surface area contributed by atoms with Crippen molar-refractivity contribution in [2.75, 3.05) is 5.73 Å². The molecule has 0 saturated heterocycles. The molecule has 0 saturated carbocycles. The van der Waals surface area contributed by atoms with E-state index in [-0.39, 0.29) is 0 Å². The summed E-state index contributed by atoms with van der Waals surface area (Å²) in [7, 11) is 0. The number of thiophene rings is 1. The molecule has 1 nitrogen and oxygen atoms in total. The zero-order valence-corrected chi connectivity index (χ0v) is 9.34. The van der Waals surface area contributed by atoms with E-state index in [4.69, 9.17) is 5.73 Å². The smallest absolute Gasteiger partial charge is 0.0933 e. The Hall–Kier alpha value is -0.0200. The minimum Gasteiger partial charge on any atom is -0.397 e. The van der Waals surface area contributed by atoms with Crippen molar-refractivity contribution in [2.24, 2.45) is 0 Å². The quantitative estimate of drug-likeness (QED) is 0.790. The third kappa shape index (κ3) is 1.59. The van der Waals surface area contributed by atoms with E-state index in [1.165, 1.54) is 10.4 Å². The summed E-state index contributed by atoms with van der Waals surface area (Å²) >= 11 is 5.14. The molecule has 0 amide bonds. The molecule has 0 radical (unpaired) electrons. The second-order valence-electron chi connectivity index (χ2n) is 2.91. The summed E-state index contributed by atoms with van der Waals surface area (Å²) in [5.41, 5.74) is 8.08. The molecule has 0 aliphatic heterocycles. The topological polar surface area (TPSA) is 26.0 Å². The Morgan fingerprint density at radius 3 is 2.18 bits per heavy atom. The van der Waals surface area contributed by atoms with Crippen LogP contribution in [0.2, 0.25) is 0 Å². The van der Waals surface area contributed by atoms with Gasteiger partial charge < -0.3 is 5.73 Å². The van der Waals surface area contributed by atoms with Crippen LogP contribution < -0.4 is 5.73 Å². The largest absolute Gasteiger partial charge is 0.397 e. The molecular weight excluding hydrogens is 222 g/mol. The fourth-order valence-corrected chi connectivity index (χ4v) is 3.14. The van der Waals surface area contributed by atoms with Crippen LogP contribution in [0.15, 0.2) is 3.79 Å². The molecule has 0 atom stereocenters. The van der Waals surface area contributed by atoms with E-state index in [0.717, 1.165) is 9.47 Å². The summed E-state index contributed by atoms with van der Waals surface area (Å²) in [6.07, 6.45) is 0. The lowest BCUT2D eigenvalue weighted by Crippen LogP contribution is -1.93. The summed E-state index contributed by atoms with van der Waals surface area (Å²) in [5, 5.41) is 0. The predicted octanol–water partition coefficient (Wildman–Crippen LogP) is 3.52. The van der Waals surface area contributed by atoms with Crippen LogP contribution in [0.3, 0.4) is 0 Å². The highest BCUT2D eigenvalue weighted by Gasteiger charge is 2.13. The molecule has 0 fully saturated rings. The van der Waals surface area contributed by atoms with Crippen molar-refractivity contribution in [3.63, 3.8) is 0 Å². The van der Waals surface area contributed by atoms with Crippen molar-refractivity contribution in [3.05, 3.63) is 14.2 Å². The molecular formula is C8H12BrNS. The summed E-state index contributed by atoms with van der Waals surface area (Å²) in [5.74, 6) is 0.526. The van der Waals surface area contributed by atoms with E-state index in [2.05, 4.69) is 36.7 Å². The molecule has 0 aliphatic rings. The molecule has 1 aromatic heterocycles. The molecule has 2 N–H and O–H groups in total. The van der Waals surface area contributed by atoms with Gasteiger partial charge in [0, 0.05) is 4.88 Å². The molecule has 0 bridgehead atoms. The zero-order chi connectivity index (χ0) is 8.59. The summed E-state index contributed by atoms with van der Waals surface area (Å²) in [6.45, 7) is 6.44. The van der Waals surface area contributed by atoms with Gasteiger partial charge in [-0.3, -0.25) is 0 Å². The van der Waals surface area contributed by atoms with Crippen molar-refractivity contribution >= 4 is 33.0 Å². The van der Waals surface area contributed by atoms with Crippen molar-refractivity contribution in [3.8, 4) is 0 Å². The van der Waals surface area contributed by atoms with Crippen LogP contribution in [0.4, 0.5) is 5.69 Å². The second-order valence-corrected chi connectivity index (χ2v) is 5.46. The summed E-state index contributed by atoms with van der Waals surface area (Å²) in [6, 6.07) is 0. The first kappa shape index (κ1) is 9.07. The highest BCUT2D eigenvalue weighted by molar-refractivity contribution is 9.11. The van der Waals surface area contributed by atoms with Crippen molar-refractivity contribution in [1.82, 2.24) is 0 Å². The molecule has 3 heteroatoms. The lowest BCUT2D eigenvalue weighted by Gasteiger charge is -2.04. The summed E-state index contributed by atoms with van der Waals surface area (Å²) < 4.78 is 1.07. The van der Waals surface area contributed by atoms with Gasteiger partial charge in [-0.05, 0) is 34.3 Å². The maximum absolute atomic E-state index is 5.87. The molecule has 0 aromatic carbocycles. The first-order chi connectivity index (χ1) is 5.04. The van der Waals surface area contributed by atoms with Gasteiger partial charge in [0.15, 0.2) is 0 Å². The zero-order valence-electron chi connectivity index (χ0n) is 6.94. The van der Waals surface area contributed by atoms with Gasteiger partial charge in [-0.1, -0.05) is 13.8 Å². The Morgan fingerprint density at radius 1 is 1.45 bits per heavy atom. The molecule has 1 rings (SSSR count). The molecule has 0 unspecified atom stereocenters.